The van der Waals surface area contributed by atoms with Gasteiger partial charge in [-0.05, 0) is 138 Å². The normalized spacial score (nSPS) is 25.4. The molecule has 2 bridgehead atoms. The van der Waals surface area contributed by atoms with E-state index >= 15 is 0 Å². The van der Waals surface area contributed by atoms with Crippen molar-refractivity contribution in [3.8, 4) is 16.9 Å². The second kappa shape index (κ2) is 13.7. The zero-order valence-electron chi connectivity index (χ0n) is 28.8. The number of methoxy groups -OCH3 is 1. The van der Waals surface area contributed by atoms with Crippen LogP contribution in [0.3, 0.4) is 0 Å². The van der Waals surface area contributed by atoms with E-state index in [1.807, 2.05) is 28.0 Å². The Morgan fingerprint density at radius 2 is 1.74 bits per heavy atom. The van der Waals surface area contributed by atoms with Crippen molar-refractivity contribution in [3.63, 3.8) is 0 Å². The van der Waals surface area contributed by atoms with E-state index < -0.39 is 0 Å². The number of hydrogen-bond donors (Lipinski definition) is 1. The summed E-state index contributed by atoms with van der Waals surface area (Å²) in [6.07, 6.45) is 15.1. The summed E-state index contributed by atoms with van der Waals surface area (Å²) in [6, 6.07) is 11.1. The molecule has 4 aliphatic rings. The van der Waals surface area contributed by atoms with E-state index in [2.05, 4.69) is 61.6 Å². The molecule has 47 heavy (non-hydrogen) atoms. The van der Waals surface area contributed by atoms with Crippen molar-refractivity contribution in [3.05, 3.63) is 60.0 Å². The number of benzene rings is 1. The Balaban J connectivity index is 1.23. The average molecular weight is 642 g/mol. The number of ether oxygens (including phenoxy) is 2. The van der Waals surface area contributed by atoms with Gasteiger partial charge in [-0.1, -0.05) is 12.1 Å². The number of anilines is 1. The number of alkyl carbamates (subject to hydrolysis) is 1. The molecular weight excluding hydrogens is 590 g/mol. The van der Waals surface area contributed by atoms with Gasteiger partial charge in [0.15, 0.2) is 0 Å². The van der Waals surface area contributed by atoms with Gasteiger partial charge in [0.05, 0.1) is 19.9 Å². The Bertz CT molecular complexity index is 1550. The molecule has 4 saturated carbocycles. The van der Waals surface area contributed by atoms with Gasteiger partial charge in [-0.3, -0.25) is 14.4 Å². The third-order valence-corrected chi connectivity index (χ3v) is 11.3. The van der Waals surface area contributed by atoms with Crippen molar-refractivity contribution in [2.24, 2.45) is 11.3 Å². The molecule has 0 aliphatic heterocycles. The van der Waals surface area contributed by atoms with E-state index in [0.29, 0.717) is 13.2 Å². The summed E-state index contributed by atoms with van der Waals surface area (Å²) in [4.78, 5) is 33.4. The largest absolute Gasteiger partial charge is 0.496 e. The fraction of sp³-hybridized carbons (Fsp3) is 0.579. The monoisotopic (exact) mass is 641 g/mol. The SMILES string of the molecule is CCOC(=O)NC1CCC(C(=O)N(CC23CCC(c4ccc(OC)c(C)c4)(CC2)CC3)c2cc(-c3cnn(C(C)C)c3)ccn2)CC1. The molecule has 1 N–H and O–H groups in total. The third kappa shape index (κ3) is 6.90. The molecule has 0 spiro atoms. The number of carbonyl (C=O) groups excluding carboxylic acids is 2. The Morgan fingerprint density at radius 1 is 1.02 bits per heavy atom. The van der Waals surface area contributed by atoms with E-state index in [9.17, 15) is 9.59 Å². The molecule has 9 nitrogen and oxygen atoms in total. The summed E-state index contributed by atoms with van der Waals surface area (Å²) in [6.45, 7) is 9.21. The molecule has 0 radical (unpaired) electrons. The maximum absolute atomic E-state index is 14.5. The first-order chi connectivity index (χ1) is 22.6. The molecule has 252 valence electrons. The van der Waals surface area contributed by atoms with Crippen molar-refractivity contribution in [1.29, 1.82) is 0 Å². The Morgan fingerprint density at radius 3 is 2.36 bits per heavy atom. The summed E-state index contributed by atoms with van der Waals surface area (Å²) < 4.78 is 12.6. The standard InChI is InChI=1S/C38H51N5O4/c1-6-47-36(45)41-32-10-7-28(8-11-32)35(44)42(34-22-29(13-20-39-34)30-23-40-43(24-30)26(2)3)25-37-14-17-38(18-15-37,19-16-37)31-9-12-33(46-5)27(4)21-31/h9,12-13,20-24,26,28,32H,6-8,10-11,14-19,25H2,1-5H3,(H,41,45). The van der Waals surface area contributed by atoms with Crippen LogP contribution in [0.5, 0.6) is 5.75 Å². The van der Waals surface area contributed by atoms with Gasteiger partial charge in [0.1, 0.15) is 11.6 Å². The lowest BCUT2D eigenvalue weighted by atomic mass is 9.51. The Hall–Kier alpha value is -3.88. The molecule has 4 fully saturated rings. The second-order valence-electron chi connectivity index (χ2n) is 14.5. The highest BCUT2D eigenvalue weighted by Gasteiger charge is 2.51. The van der Waals surface area contributed by atoms with Crippen LogP contribution in [0, 0.1) is 18.3 Å². The minimum Gasteiger partial charge on any atom is -0.496 e. The summed E-state index contributed by atoms with van der Waals surface area (Å²) in [5.74, 6) is 1.72. The van der Waals surface area contributed by atoms with Crippen molar-refractivity contribution in [1.82, 2.24) is 20.1 Å². The highest BCUT2D eigenvalue weighted by atomic mass is 16.5. The molecule has 0 atom stereocenters. The maximum atomic E-state index is 14.5. The summed E-state index contributed by atoms with van der Waals surface area (Å²) in [5.41, 5.74) is 4.93. The van der Waals surface area contributed by atoms with Crippen LogP contribution in [0.2, 0.25) is 0 Å². The lowest BCUT2D eigenvalue weighted by Crippen LogP contribution is -2.52. The van der Waals surface area contributed by atoms with Crippen molar-refractivity contribution < 1.29 is 19.1 Å². The van der Waals surface area contributed by atoms with Gasteiger partial charge in [0.2, 0.25) is 5.91 Å². The van der Waals surface area contributed by atoms with E-state index in [1.165, 1.54) is 11.1 Å². The first kappa shape index (κ1) is 33.0. The molecule has 4 aliphatic carbocycles. The van der Waals surface area contributed by atoms with Gasteiger partial charge in [0, 0.05) is 42.5 Å². The van der Waals surface area contributed by atoms with Gasteiger partial charge in [-0.2, -0.15) is 5.10 Å². The fourth-order valence-corrected chi connectivity index (χ4v) is 8.31. The minimum atomic E-state index is -0.375. The molecule has 1 aromatic carbocycles. The molecule has 2 amide bonds. The molecule has 2 heterocycles. The Kier molecular flexibility index (Phi) is 9.62. The zero-order valence-corrected chi connectivity index (χ0v) is 28.8. The number of pyridine rings is 1. The fourth-order valence-electron chi connectivity index (χ4n) is 8.31. The summed E-state index contributed by atoms with van der Waals surface area (Å²) >= 11 is 0. The quantitative estimate of drug-likeness (QED) is 0.243. The maximum Gasteiger partial charge on any atom is 0.407 e. The van der Waals surface area contributed by atoms with E-state index in [-0.39, 0.29) is 40.8 Å². The van der Waals surface area contributed by atoms with E-state index in [4.69, 9.17) is 14.5 Å². The number of fused-ring (bicyclic) bond motifs is 3. The first-order valence-corrected chi connectivity index (χ1v) is 17.5. The predicted octanol–water partition coefficient (Wildman–Crippen LogP) is 7.77. The van der Waals surface area contributed by atoms with Crippen LogP contribution < -0.4 is 15.0 Å². The average Bonchev–Trinajstić information content (AvgIpc) is 3.60. The summed E-state index contributed by atoms with van der Waals surface area (Å²) in [5, 5.41) is 7.53. The van der Waals surface area contributed by atoms with E-state index in [1.54, 1.807) is 14.0 Å². The lowest BCUT2D eigenvalue weighted by Gasteiger charge is -2.55. The third-order valence-electron chi connectivity index (χ3n) is 11.3. The molecule has 0 saturated heterocycles. The number of amides is 2. The van der Waals surface area contributed by atoms with Gasteiger partial charge >= 0.3 is 6.09 Å². The van der Waals surface area contributed by atoms with Gasteiger partial charge < -0.3 is 14.8 Å². The molecule has 3 aromatic rings. The molecule has 2 aromatic heterocycles. The molecular formula is C38H51N5O4. The van der Waals surface area contributed by atoms with Crippen LogP contribution in [-0.2, 0) is 14.9 Å². The minimum absolute atomic E-state index is 0.0375. The lowest BCUT2D eigenvalue weighted by molar-refractivity contribution is -0.124. The number of aromatic nitrogens is 3. The topological polar surface area (TPSA) is 98.6 Å². The Labute approximate surface area is 279 Å². The number of hydrogen-bond acceptors (Lipinski definition) is 6. The van der Waals surface area contributed by atoms with Crippen LogP contribution >= 0.6 is 0 Å². The molecule has 9 heteroatoms. The van der Waals surface area contributed by atoms with Crippen molar-refractivity contribution in [2.75, 3.05) is 25.2 Å². The van der Waals surface area contributed by atoms with Crippen LogP contribution in [0.15, 0.2) is 48.9 Å². The van der Waals surface area contributed by atoms with E-state index in [0.717, 1.165) is 86.9 Å². The van der Waals surface area contributed by atoms with Crippen LogP contribution in [0.25, 0.3) is 11.1 Å². The smallest absolute Gasteiger partial charge is 0.407 e. The number of rotatable bonds is 10. The van der Waals surface area contributed by atoms with Crippen molar-refractivity contribution in [2.45, 2.75) is 109 Å². The second-order valence-corrected chi connectivity index (χ2v) is 14.5. The zero-order chi connectivity index (χ0) is 33.2. The number of nitrogens with zero attached hydrogens (tertiary/aromatic N) is 4. The van der Waals surface area contributed by atoms with Gasteiger partial charge in [-0.15, -0.1) is 0 Å². The van der Waals surface area contributed by atoms with Crippen LogP contribution in [0.1, 0.15) is 102 Å². The molecule has 0 unspecified atom stereocenters. The predicted molar refractivity (Wildman–Crippen MR) is 184 cm³/mol. The van der Waals surface area contributed by atoms with Gasteiger partial charge in [0.25, 0.3) is 0 Å². The number of aryl methyl sites for hydroxylation is 1. The van der Waals surface area contributed by atoms with Crippen LogP contribution in [0.4, 0.5) is 10.6 Å². The first-order valence-electron chi connectivity index (χ1n) is 17.5. The highest BCUT2D eigenvalue weighted by molar-refractivity contribution is 5.95. The summed E-state index contributed by atoms with van der Waals surface area (Å²) in [7, 11) is 1.73. The van der Waals surface area contributed by atoms with Crippen molar-refractivity contribution >= 4 is 17.8 Å². The number of nitrogens with one attached hydrogen (secondary N) is 1. The van der Waals surface area contributed by atoms with Crippen LogP contribution in [-0.4, -0.2) is 53.1 Å². The van der Waals surface area contributed by atoms with Gasteiger partial charge in [-0.25, -0.2) is 9.78 Å². The highest BCUT2D eigenvalue weighted by Crippen LogP contribution is 2.58. The number of carbonyl (C=O) groups is 2. The molecule has 7 rings (SSSR count).